The number of nitrogens with two attached hydrogens (primary N) is 1. The van der Waals surface area contributed by atoms with Crippen molar-refractivity contribution in [1.29, 1.82) is 0 Å². The normalized spacial score (nSPS) is 11.0. The average Bonchev–Trinajstić information content (AvgIpc) is 2.42. The molecule has 0 fully saturated rings. The van der Waals surface area contributed by atoms with Crippen molar-refractivity contribution in [3.8, 4) is 11.8 Å². The van der Waals surface area contributed by atoms with Crippen LogP contribution in [0, 0.1) is 17.3 Å². The molecule has 3 N–H and O–H groups in total. The summed E-state index contributed by atoms with van der Waals surface area (Å²) in [5.41, 5.74) is 6.46. The number of nitrogens with one attached hydrogen (secondary N) is 1. The molecule has 1 rings (SSSR count). The van der Waals surface area contributed by atoms with Gasteiger partial charge in [0.2, 0.25) is 0 Å². The van der Waals surface area contributed by atoms with Crippen molar-refractivity contribution >= 4 is 5.91 Å². The fourth-order valence-electron chi connectivity index (χ4n) is 2.08. The highest BCUT2D eigenvalue weighted by molar-refractivity contribution is 5.92. The first-order valence-electron chi connectivity index (χ1n) is 6.92. The van der Waals surface area contributed by atoms with Crippen LogP contribution in [0.5, 0.6) is 0 Å². The number of aromatic nitrogens is 1. The number of nitrogens with zero attached hydrogens (tertiary/aromatic N) is 2. The van der Waals surface area contributed by atoms with E-state index in [2.05, 4.69) is 40.9 Å². The van der Waals surface area contributed by atoms with E-state index in [1.165, 1.54) is 0 Å². The van der Waals surface area contributed by atoms with Crippen LogP contribution >= 0.6 is 0 Å². The lowest BCUT2D eigenvalue weighted by molar-refractivity contribution is 0.0924. The van der Waals surface area contributed by atoms with Crippen molar-refractivity contribution in [2.24, 2.45) is 11.1 Å². The van der Waals surface area contributed by atoms with Crippen molar-refractivity contribution in [2.45, 2.75) is 13.8 Å². The standard InChI is InChI=1S/C16H24N4O/c1-16(2,12-20(3)4)11-19-15(21)14-8-7-13(10-18-14)6-5-9-17/h7-8,10H,9,11-12,17H2,1-4H3,(H,19,21). The van der Waals surface area contributed by atoms with E-state index >= 15 is 0 Å². The Balaban J connectivity index is 2.60. The van der Waals surface area contributed by atoms with Crippen molar-refractivity contribution in [1.82, 2.24) is 15.2 Å². The summed E-state index contributed by atoms with van der Waals surface area (Å²) in [6, 6.07) is 3.45. The molecule has 0 saturated heterocycles. The van der Waals surface area contributed by atoms with Crippen LogP contribution in [0.4, 0.5) is 0 Å². The second kappa shape index (κ2) is 7.77. The zero-order chi connectivity index (χ0) is 15.9. The van der Waals surface area contributed by atoms with Gasteiger partial charge in [0.15, 0.2) is 0 Å². The lowest BCUT2D eigenvalue weighted by Gasteiger charge is -2.28. The van der Waals surface area contributed by atoms with Crippen LogP contribution in [-0.4, -0.2) is 49.5 Å². The summed E-state index contributed by atoms with van der Waals surface area (Å²) in [4.78, 5) is 18.3. The van der Waals surface area contributed by atoms with Gasteiger partial charge in [0, 0.05) is 24.8 Å². The minimum Gasteiger partial charge on any atom is -0.350 e. The molecule has 0 spiro atoms. The van der Waals surface area contributed by atoms with Gasteiger partial charge >= 0.3 is 0 Å². The van der Waals surface area contributed by atoms with Gasteiger partial charge in [-0.15, -0.1) is 0 Å². The number of pyridine rings is 1. The summed E-state index contributed by atoms with van der Waals surface area (Å²) in [5.74, 6) is 5.46. The van der Waals surface area contributed by atoms with Gasteiger partial charge in [-0.1, -0.05) is 25.7 Å². The molecule has 0 saturated carbocycles. The van der Waals surface area contributed by atoms with Crippen LogP contribution in [0.2, 0.25) is 0 Å². The molecule has 1 aromatic rings. The van der Waals surface area contributed by atoms with Gasteiger partial charge in [-0.2, -0.15) is 0 Å². The fraction of sp³-hybridized carbons (Fsp3) is 0.500. The summed E-state index contributed by atoms with van der Waals surface area (Å²) in [6.45, 7) is 6.04. The first-order chi connectivity index (χ1) is 9.84. The third-order valence-corrected chi connectivity index (χ3v) is 2.80. The molecule has 5 nitrogen and oxygen atoms in total. The van der Waals surface area contributed by atoms with Gasteiger partial charge in [-0.3, -0.25) is 4.79 Å². The Morgan fingerprint density at radius 1 is 1.43 bits per heavy atom. The minimum absolute atomic E-state index is 0.00566. The number of hydrogen-bond acceptors (Lipinski definition) is 4. The third kappa shape index (κ3) is 6.39. The Hall–Kier alpha value is -1.90. The number of carbonyl (C=O) groups is 1. The fourth-order valence-corrected chi connectivity index (χ4v) is 2.08. The van der Waals surface area contributed by atoms with Crippen LogP contribution in [0.1, 0.15) is 29.9 Å². The van der Waals surface area contributed by atoms with Crippen LogP contribution < -0.4 is 11.1 Å². The Labute approximate surface area is 126 Å². The van der Waals surface area contributed by atoms with Gasteiger partial charge in [0.25, 0.3) is 5.91 Å². The van der Waals surface area contributed by atoms with Gasteiger partial charge in [-0.25, -0.2) is 4.98 Å². The van der Waals surface area contributed by atoms with E-state index in [1.54, 1.807) is 18.3 Å². The predicted molar refractivity (Wildman–Crippen MR) is 84.8 cm³/mol. The van der Waals surface area contributed by atoms with Crippen LogP contribution in [-0.2, 0) is 0 Å². The predicted octanol–water partition coefficient (Wildman–Crippen LogP) is 0.709. The molecule has 114 valence electrons. The number of amides is 1. The molecular formula is C16H24N4O. The monoisotopic (exact) mass is 288 g/mol. The quantitative estimate of drug-likeness (QED) is 0.783. The van der Waals surface area contributed by atoms with Crippen LogP contribution in [0.15, 0.2) is 18.3 Å². The Morgan fingerprint density at radius 2 is 2.14 bits per heavy atom. The molecule has 1 heterocycles. The molecule has 1 aromatic heterocycles. The van der Waals surface area contributed by atoms with Crippen LogP contribution in [0.3, 0.4) is 0 Å². The molecule has 21 heavy (non-hydrogen) atoms. The van der Waals surface area contributed by atoms with Gasteiger partial charge in [0.05, 0.1) is 6.54 Å². The number of rotatable bonds is 5. The molecule has 0 aromatic carbocycles. The zero-order valence-corrected chi connectivity index (χ0v) is 13.2. The molecule has 0 aliphatic heterocycles. The van der Waals surface area contributed by atoms with Crippen molar-refractivity contribution in [3.63, 3.8) is 0 Å². The maximum atomic E-state index is 12.1. The Bertz CT molecular complexity index is 523. The molecule has 0 aliphatic rings. The van der Waals surface area contributed by atoms with Gasteiger partial charge in [0.1, 0.15) is 5.69 Å². The number of carbonyl (C=O) groups excluding carboxylic acids is 1. The zero-order valence-electron chi connectivity index (χ0n) is 13.2. The average molecular weight is 288 g/mol. The highest BCUT2D eigenvalue weighted by Gasteiger charge is 2.20. The first-order valence-corrected chi connectivity index (χ1v) is 6.92. The summed E-state index contributed by atoms with van der Waals surface area (Å²) in [7, 11) is 4.04. The lowest BCUT2D eigenvalue weighted by atomic mass is 9.93. The van der Waals surface area contributed by atoms with E-state index in [4.69, 9.17) is 5.73 Å². The largest absolute Gasteiger partial charge is 0.350 e. The van der Waals surface area contributed by atoms with Crippen molar-refractivity contribution in [3.05, 3.63) is 29.6 Å². The molecule has 5 heteroatoms. The van der Waals surface area contributed by atoms with Crippen molar-refractivity contribution in [2.75, 3.05) is 33.7 Å². The van der Waals surface area contributed by atoms with Gasteiger partial charge in [-0.05, 0) is 31.6 Å². The van der Waals surface area contributed by atoms with Crippen LogP contribution in [0.25, 0.3) is 0 Å². The topological polar surface area (TPSA) is 71.2 Å². The maximum Gasteiger partial charge on any atom is 0.269 e. The van der Waals surface area contributed by atoms with Crippen molar-refractivity contribution < 1.29 is 4.79 Å². The summed E-state index contributed by atoms with van der Waals surface area (Å²) < 4.78 is 0. The maximum absolute atomic E-state index is 12.1. The highest BCUT2D eigenvalue weighted by atomic mass is 16.1. The smallest absolute Gasteiger partial charge is 0.269 e. The first kappa shape index (κ1) is 17.2. The molecular weight excluding hydrogens is 264 g/mol. The van der Waals surface area contributed by atoms with E-state index in [0.29, 0.717) is 18.8 Å². The summed E-state index contributed by atoms with van der Waals surface area (Å²) in [6.07, 6.45) is 1.59. The summed E-state index contributed by atoms with van der Waals surface area (Å²) >= 11 is 0. The molecule has 1 amide bonds. The Kier molecular flexibility index (Phi) is 6.35. The molecule has 0 unspecified atom stereocenters. The van der Waals surface area contributed by atoms with E-state index < -0.39 is 0 Å². The second-order valence-corrected chi connectivity index (χ2v) is 6.02. The van der Waals surface area contributed by atoms with E-state index in [1.807, 2.05) is 14.1 Å². The van der Waals surface area contributed by atoms with Gasteiger partial charge < -0.3 is 16.0 Å². The minimum atomic E-state index is -0.167. The van der Waals surface area contributed by atoms with E-state index in [9.17, 15) is 4.79 Å². The van der Waals surface area contributed by atoms with E-state index in [-0.39, 0.29) is 11.3 Å². The SMILES string of the molecule is CN(C)CC(C)(C)CNC(=O)c1ccc(C#CCN)cn1. The molecule has 0 radical (unpaired) electrons. The molecule has 0 atom stereocenters. The Morgan fingerprint density at radius 3 is 2.67 bits per heavy atom. The molecule has 0 aliphatic carbocycles. The second-order valence-electron chi connectivity index (χ2n) is 6.02. The lowest BCUT2D eigenvalue weighted by Crippen LogP contribution is -2.40. The number of hydrogen-bond donors (Lipinski definition) is 2. The summed E-state index contributed by atoms with van der Waals surface area (Å²) in [5, 5.41) is 2.92. The third-order valence-electron chi connectivity index (χ3n) is 2.80. The van der Waals surface area contributed by atoms with E-state index in [0.717, 1.165) is 12.1 Å². The molecule has 0 bridgehead atoms. The highest BCUT2D eigenvalue weighted by Crippen LogP contribution is 2.14.